The third kappa shape index (κ3) is 3.09. The Morgan fingerprint density at radius 1 is 1.21 bits per heavy atom. The fraction of sp³-hybridized carbons (Fsp3) is 0.364. The second kappa shape index (κ2) is 6.95. The molecule has 78 valence electrons. The number of hydrogen-bond acceptors (Lipinski definition) is 2. The van der Waals surface area contributed by atoms with E-state index in [0.717, 1.165) is 11.0 Å². The number of pyridine rings is 1. The molecule has 3 N–H and O–H groups in total. The van der Waals surface area contributed by atoms with Crippen LogP contribution in [-0.4, -0.2) is 9.97 Å². The van der Waals surface area contributed by atoms with E-state index in [1.165, 1.54) is 0 Å². The van der Waals surface area contributed by atoms with Gasteiger partial charge in [0.15, 0.2) is 0 Å². The highest BCUT2D eigenvalue weighted by Gasteiger charge is 1.92. The smallest absolute Gasteiger partial charge is 0.137 e. The lowest BCUT2D eigenvalue weighted by Gasteiger charge is -1.89. The number of H-pyrrole nitrogens is 1. The predicted octanol–water partition coefficient (Wildman–Crippen LogP) is 3.20. The summed E-state index contributed by atoms with van der Waals surface area (Å²) >= 11 is 0. The number of nitrogen functional groups attached to an aromatic ring is 1. The Hall–Kier alpha value is -1.51. The lowest BCUT2D eigenvalue weighted by molar-refractivity contribution is 1.33. The van der Waals surface area contributed by atoms with Crippen molar-refractivity contribution in [3.8, 4) is 0 Å². The first-order chi connectivity index (χ1) is 6.86. The minimum absolute atomic E-state index is 0.701. The molecule has 0 aromatic carbocycles. The largest absolute Gasteiger partial charge is 0.397 e. The van der Waals surface area contributed by atoms with Crippen molar-refractivity contribution in [3.63, 3.8) is 0 Å². The molecule has 0 aliphatic carbocycles. The number of nitrogens with zero attached hydrogens (tertiary/aromatic N) is 1. The first-order valence-electron chi connectivity index (χ1n) is 5.05. The Morgan fingerprint density at radius 3 is 2.50 bits per heavy atom. The second-order valence-electron chi connectivity index (χ2n) is 2.18. The SMILES string of the molecule is CC.CC.Nc1cnc2[nH]ccc2c1. The Balaban J connectivity index is 0.000000379. The molecule has 0 radical (unpaired) electrons. The molecular weight excluding hydrogens is 174 g/mol. The quantitative estimate of drug-likeness (QED) is 0.675. The number of hydrogen-bond donors (Lipinski definition) is 2. The molecule has 0 amide bonds. The summed E-state index contributed by atoms with van der Waals surface area (Å²) in [5.41, 5.74) is 7.09. The van der Waals surface area contributed by atoms with E-state index in [2.05, 4.69) is 9.97 Å². The molecule has 2 rings (SSSR count). The van der Waals surface area contributed by atoms with E-state index < -0.39 is 0 Å². The van der Waals surface area contributed by atoms with Crippen LogP contribution in [0.5, 0.6) is 0 Å². The summed E-state index contributed by atoms with van der Waals surface area (Å²) in [6.07, 6.45) is 3.48. The maximum absolute atomic E-state index is 5.51. The summed E-state index contributed by atoms with van der Waals surface area (Å²) in [5.74, 6) is 0. The molecule has 0 bridgehead atoms. The molecule has 3 nitrogen and oxygen atoms in total. The van der Waals surface area contributed by atoms with E-state index in [1.807, 2.05) is 46.0 Å². The molecule has 0 aliphatic heterocycles. The van der Waals surface area contributed by atoms with Crippen LogP contribution in [0.4, 0.5) is 5.69 Å². The van der Waals surface area contributed by atoms with E-state index >= 15 is 0 Å². The van der Waals surface area contributed by atoms with Crippen molar-refractivity contribution in [2.75, 3.05) is 5.73 Å². The maximum Gasteiger partial charge on any atom is 0.137 e. The van der Waals surface area contributed by atoms with Crippen molar-refractivity contribution in [2.45, 2.75) is 27.7 Å². The number of aromatic amines is 1. The first-order valence-corrected chi connectivity index (χ1v) is 5.05. The van der Waals surface area contributed by atoms with Crippen molar-refractivity contribution in [3.05, 3.63) is 24.5 Å². The van der Waals surface area contributed by atoms with Gasteiger partial charge in [-0.1, -0.05) is 27.7 Å². The molecule has 0 spiro atoms. The van der Waals surface area contributed by atoms with Gasteiger partial charge in [0.1, 0.15) is 5.65 Å². The van der Waals surface area contributed by atoms with Crippen molar-refractivity contribution < 1.29 is 0 Å². The molecule has 2 aromatic heterocycles. The third-order valence-electron chi connectivity index (χ3n) is 1.42. The lowest BCUT2D eigenvalue weighted by Crippen LogP contribution is -1.84. The molecule has 2 aromatic rings. The van der Waals surface area contributed by atoms with Crippen LogP contribution in [0.25, 0.3) is 11.0 Å². The lowest BCUT2D eigenvalue weighted by atomic mass is 10.3. The molecule has 0 fully saturated rings. The van der Waals surface area contributed by atoms with E-state index in [-0.39, 0.29) is 0 Å². The van der Waals surface area contributed by atoms with Crippen LogP contribution in [0.2, 0.25) is 0 Å². The molecule has 14 heavy (non-hydrogen) atoms. The van der Waals surface area contributed by atoms with E-state index in [1.54, 1.807) is 6.20 Å². The maximum atomic E-state index is 5.51. The summed E-state index contributed by atoms with van der Waals surface area (Å²) in [4.78, 5) is 7.04. The fourth-order valence-electron chi connectivity index (χ4n) is 0.957. The zero-order chi connectivity index (χ0) is 11.0. The van der Waals surface area contributed by atoms with Gasteiger partial charge in [-0.3, -0.25) is 0 Å². The highest BCUT2D eigenvalue weighted by Crippen LogP contribution is 2.11. The van der Waals surface area contributed by atoms with Gasteiger partial charge in [0.05, 0.1) is 11.9 Å². The molecule has 0 saturated heterocycles. The Labute approximate surface area is 85.4 Å². The molecule has 0 unspecified atom stereocenters. The van der Waals surface area contributed by atoms with Gasteiger partial charge in [0, 0.05) is 11.6 Å². The van der Waals surface area contributed by atoms with Crippen LogP contribution < -0.4 is 5.73 Å². The third-order valence-corrected chi connectivity index (χ3v) is 1.42. The van der Waals surface area contributed by atoms with E-state index in [4.69, 9.17) is 5.73 Å². The van der Waals surface area contributed by atoms with Gasteiger partial charge in [-0.05, 0) is 12.1 Å². The van der Waals surface area contributed by atoms with Crippen LogP contribution in [0, 0.1) is 0 Å². The van der Waals surface area contributed by atoms with Crippen LogP contribution in [0.15, 0.2) is 24.5 Å². The fourth-order valence-corrected chi connectivity index (χ4v) is 0.957. The van der Waals surface area contributed by atoms with Gasteiger partial charge in [0.2, 0.25) is 0 Å². The van der Waals surface area contributed by atoms with Gasteiger partial charge >= 0.3 is 0 Å². The molecule has 0 saturated carbocycles. The summed E-state index contributed by atoms with van der Waals surface area (Å²) in [7, 11) is 0. The summed E-state index contributed by atoms with van der Waals surface area (Å²) in [6.45, 7) is 8.00. The van der Waals surface area contributed by atoms with E-state index in [9.17, 15) is 0 Å². The van der Waals surface area contributed by atoms with Crippen LogP contribution in [0.3, 0.4) is 0 Å². The van der Waals surface area contributed by atoms with Crippen molar-refractivity contribution in [2.24, 2.45) is 0 Å². The van der Waals surface area contributed by atoms with Crippen molar-refractivity contribution >= 4 is 16.7 Å². The monoisotopic (exact) mass is 193 g/mol. The minimum Gasteiger partial charge on any atom is -0.397 e. The summed E-state index contributed by atoms with van der Waals surface area (Å²) in [5, 5.41) is 1.06. The molecular formula is C11H19N3. The number of fused-ring (bicyclic) bond motifs is 1. The zero-order valence-corrected chi connectivity index (χ0v) is 9.33. The Morgan fingerprint density at radius 2 is 1.86 bits per heavy atom. The average molecular weight is 193 g/mol. The predicted molar refractivity (Wildman–Crippen MR) is 63.2 cm³/mol. The Bertz CT molecular complexity index is 352. The standard InChI is InChI=1S/C7H7N3.2C2H6/c8-6-3-5-1-2-9-7(5)10-4-6;2*1-2/h1-4H,8H2,(H,9,10);2*1-2H3. The van der Waals surface area contributed by atoms with Gasteiger partial charge in [-0.25, -0.2) is 4.98 Å². The number of rotatable bonds is 0. The number of nitrogens with two attached hydrogens (primary N) is 1. The topological polar surface area (TPSA) is 54.7 Å². The minimum atomic E-state index is 0.701. The van der Waals surface area contributed by atoms with E-state index in [0.29, 0.717) is 5.69 Å². The molecule has 3 heteroatoms. The van der Waals surface area contributed by atoms with Crippen LogP contribution in [0.1, 0.15) is 27.7 Å². The first kappa shape index (κ1) is 12.5. The normalized spacial score (nSPS) is 8.29. The molecule has 2 heterocycles. The number of anilines is 1. The zero-order valence-electron chi connectivity index (χ0n) is 9.33. The van der Waals surface area contributed by atoms with Gasteiger partial charge < -0.3 is 10.7 Å². The summed E-state index contributed by atoms with van der Waals surface area (Å²) < 4.78 is 0. The number of nitrogens with one attached hydrogen (secondary N) is 1. The second-order valence-corrected chi connectivity index (χ2v) is 2.18. The van der Waals surface area contributed by atoms with Crippen LogP contribution >= 0.6 is 0 Å². The van der Waals surface area contributed by atoms with Crippen molar-refractivity contribution in [1.82, 2.24) is 9.97 Å². The highest BCUT2D eigenvalue weighted by atomic mass is 14.8. The molecule has 0 atom stereocenters. The van der Waals surface area contributed by atoms with Crippen LogP contribution in [-0.2, 0) is 0 Å². The molecule has 0 aliphatic rings. The summed E-state index contributed by atoms with van der Waals surface area (Å²) in [6, 6.07) is 3.83. The highest BCUT2D eigenvalue weighted by molar-refractivity contribution is 5.78. The average Bonchev–Trinajstić information content (AvgIpc) is 2.71. The number of aromatic nitrogens is 2. The van der Waals surface area contributed by atoms with Gasteiger partial charge in [0.25, 0.3) is 0 Å². The Kier molecular flexibility index (Phi) is 6.20. The van der Waals surface area contributed by atoms with Gasteiger partial charge in [-0.15, -0.1) is 0 Å². The van der Waals surface area contributed by atoms with Crippen molar-refractivity contribution in [1.29, 1.82) is 0 Å². The van der Waals surface area contributed by atoms with Gasteiger partial charge in [-0.2, -0.15) is 0 Å².